The monoisotopic (exact) mass is 350 g/mol. The first-order valence-corrected chi connectivity index (χ1v) is 7.99. The van der Waals surface area contributed by atoms with E-state index in [0.717, 1.165) is 22.9 Å². The van der Waals surface area contributed by atoms with Gasteiger partial charge in [0.15, 0.2) is 23.0 Å². The van der Waals surface area contributed by atoms with Crippen LogP contribution in [0.2, 0.25) is 0 Å². The van der Waals surface area contributed by atoms with Gasteiger partial charge in [-0.15, -0.1) is 0 Å². The molecule has 2 aliphatic heterocycles. The maximum Gasteiger partial charge on any atom is 0.231 e. The summed E-state index contributed by atoms with van der Waals surface area (Å²) >= 11 is 0. The molecule has 130 valence electrons. The van der Waals surface area contributed by atoms with E-state index in [2.05, 4.69) is 20.6 Å². The molecule has 8 nitrogen and oxygen atoms in total. The Bertz CT molecular complexity index is 904. The SMILES string of the molecule is c1nc(Nc2ccc3c(c2)OCO3)cc(Nc2ccc3c(c2)OCO3)n1. The van der Waals surface area contributed by atoms with Gasteiger partial charge in [-0.05, 0) is 24.3 Å². The van der Waals surface area contributed by atoms with Gasteiger partial charge in [-0.25, -0.2) is 9.97 Å². The van der Waals surface area contributed by atoms with Crippen molar-refractivity contribution in [1.82, 2.24) is 9.97 Å². The van der Waals surface area contributed by atoms with Crippen molar-refractivity contribution >= 4 is 23.0 Å². The second-order valence-electron chi connectivity index (χ2n) is 5.67. The first-order chi connectivity index (χ1) is 12.8. The summed E-state index contributed by atoms with van der Waals surface area (Å²) in [7, 11) is 0. The van der Waals surface area contributed by atoms with E-state index in [1.807, 2.05) is 42.5 Å². The molecule has 0 radical (unpaired) electrons. The number of nitrogens with zero attached hydrogens (tertiary/aromatic N) is 2. The summed E-state index contributed by atoms with van der Waals surface area (Å²) in [5, 5.41) is 6.46. The van der Waals surface area contributed by atoms with Gasteiger partial charge in [-0.1, -0.05) is 0 Å². The molecule has 0 saturated heterocycles. The summed E-state index contributed by atoms with van der Waals surface area (Å²) in [6, 6.07) is 13.1. The van der Waals surface area contributed by atoms with Gasteiger partial charge in [0.05, 0.1) is 0 Å². The third-order valence-corrected chi connectivity index (χ3v) is 3.96. The molecule has 5 rings (SSSR count). The molecule has 0 fully saturated rings. The molecule has 0 amide bonds. The third-order valence-electron chi connectivity index (χ3n) is 3.96. The number of aromatic nitrogens is 2. The molecular weight excluding hydrogens is 336 g/mol. The molecule has 0 atom stereocenters. The van der Waals surface area contributed by atoms with Crippen molar-refractivity contribution in [3.63, 3.8) is 0 Å². The largest absolute Gasteiger partial charge is 0.454 e. The van der Waals surface area contributed by atoms with Gasteiger partial charge in [0.25, 0.3) is 0 Å². The van der Waals surface area contributed by atoms with Crippen molar-refractivity contribution in [2.75, 3.05) is 24.2 Å². The molecule has 0 saturated carbocycles. The maximum atomic E-state index is 5.39. The molecule has 0 spiro atoms. The van der Waals surface area contributed by atoms with Crippen molar-refractivity contribution in [3.8, 4) is 23.0 Å². The molecule has 1 aromatic heterocycles. The number of ether oxygens (including phenoxy) is 4. The molecule has 3 heterocycles. The van der Waals surface area contributed by atoms with Crippen LogP contribution in [0, 0.1) is 0 Å². The van der Waals surface area contributed by atoms with E-state index in [4.69, 9.17) is 18.9 Å². The Labute approximate surface area is 148 Å². The lowest BCUT2D eigenvalue weighted by atomic mass is 10.2. The number of fused-ring (bicyclic) bond motifs is 2. The van der Waals surface area contributed by atoms with Gasteiger partial charge in [0.2, 0.25) is 13.6 Å². The van der Waals surface area contributed by atoms with Crippen LogP contribution in [0.3, 0.4) is 0 Å². The van der Waals surface area contributed by atoms with Crippen molar-refractivity contribution < 1.29 is 18.9 Å². The van der Waals surface area contributed by atoms with Crippen LogP contribution in [-0.4, -0.2) is 23.6 Å². The fourth-order valence-electron chi connectivity index (χ4n) is 2.74. The topological polar surface area (TPSA) is 86.8 Å². The molecule has 0 unspecified atom stereocenters. The van der Waals surface area contributed by atoms with Crippen LogP contribution in [0.25, 0.3) is 0 Å². The van der Waals surface area contributed by atoms with Gasteiger partial charge < -0.3 is 29.6 Å². The molecule has 3 aromatic rings. The molecule has 2 aliphatic rings. The zero-order valence-electron chi connectivity index (χ0n) is 13.6. The van der Waals surface area contributed by atoms with Crippen LogP contribution in [-0.2, 0) is 0 Å². The highest BCUT2D eigenvalue weighted by molar-refractivity contribution is 5.66. The highest BCUT2D eigenvalue weighted by atomic mass is 16.7. The van der Waals surface area contributed by atoms with Crippen LogP contribution in [0.5, 0.6) is 23.0 Å². The number of nitrogens with one attached hydrogen (secondary N) is 2. The molecule has 0 aliphatic carbocycles. The zero-order valence-corrected chi connectivity index (χ0v) is 13.6. The van der Waals surface area contributed by atoms with Crippen molar-refractivity contribution in [2.24, 2.45) is 0 Å². The van der Waals surface area contributed by atoms with E-state index in [1.165, 1.54) is 6.33 Å². The van der Waals surface area contributed by atoms with Crippen molar-refractivity contribution in [3.05, 3.63) is 48.8 Å². The Balaban J connectivity index is 1.34. The number of anilines is 4. The van der Waals surface area contributed by atoms with Crippen LogP contribution in [0.15, 0.2) is 48.8 Å². The minimum atomic E-state index is 0.246. The van der Waals surface area contributed by atoms with E-state index in [0.29, 0.717) is 23.1 Å². The fourth-order valence-corrected chi connectivity index (χ4v) is 2.74. The maximum absolute atomic E-state index is 5.39. The average Bonchev–Trinajstić information content (AvgIpc) is 3.30. The number of benzene rings is 2. The number of rotatable bonds is 4. The van der Waals surface area contributed by atoms with E-state index in [-0.39, 0.29) is 13.6 Å². The van der Waals surface area contributed by atoms with E-state index < -0.39 is 0 Å². The summed E-state index contributed by atoms with van der Waals surface area (Å²) < 4.78 is 21.4. The van der Waals surface area contributed by atoms with E-state index >= 15 is 0 Å². The van der Waals surface area contributed by atoms with E-state index in [9.17, 15) is 0 Å². The number of hydrogen-bond donors (Lipinski definition) is 2. The fraction of sp³-hybridized carbons (Fsp3) is 0.111. The van der Waals surface area contributed by atoms with Gasteiger partial charge >= 0.3 is 0 Å². The zero-order chi connectivity index (χ0) is 17.3. The second-order valence-corrected chi connectivity index (χ2v) is 5.67. The molecule has 0 bridgehead atoms. The highest BCUT2D eigenvalue weighted by Crippen LogP contribution is 2.36. The summed E-state index contributed by atoms with van der Waals surface area (Å²) in [5.74, 6) is 4.21. The van der Waals surface area contributed by atoms with Gasteiger partial charge in [-0.2, -0.15) is 0 Å². The Kier molecular flexibility index (Phi) is 3.38. The molecule has 2 aromatic carbocycles. The number of hydrogen-bond acceptors (Lipinski definition) is 8. The Morgan fingerprint density at radius 1 is 0.615 bits per heavy atom. The summed E-state index contributed by atoms with van der Waals surface area (Å²) in [4.78, 5) is 8.50. The third kappa shape index (κ3) is 2.77. The van der Waals surface area contributed by atoms with Crippen molar-refractivity contribution in [1.29, 1.82) is 0 Å². The Hall–Kier alpha value is -3.68. The lowest BCUT2D eigenvalue weighted by Gasteiger charge is -2.09. The van der Waals surface area contributed by atoms with Gasteiger partial charge in [-0.3, -0.25) is 0 Å². The summed E-state index contributed by atoms with van der Waals surface area (Å²) in [6.45, 7) is 0.492. The highest BCUT2D eigenvalue weighted by Gasteiger charge is 2.14. The minimum absolute atomic E-state index is 0.246. The summed E-state index contributed by atoms with van der Waals surface area (Å²) in [5.41, 5.74) is 1.70. The molecule has 2 N–H and O–H groups in total. The quantitative estimate of drug-likeness (QED) is 0.740. The van der Waals surface area contributed by atoms with Gasteiger partial charge in [0, 0.05) is 29.6 Å². The average molecular weight is 350 g/mol. The summed E-state index contributed by atoms with van der Waals surface area (Å²) in [6.07, 6.45) is 1.49. The van der Waals surface area contributed by atoms with Crippen LogP contribution >= 0.6 is 0 Å². The van der Waals surface area contributed by atoms with E-state index in [1.54, 1.807) is 0 Å². The lowest BCUT2D eigenvalue weighted by Crippen LogP contribution is -1.98. The first-order valence-electron chi connectivity index (χ1n) is 7.99. The molecule has 26 heavy (non-hydrogen) atoms. The van der Waals surface area contributed by atoms with Gasteiger partial charge in [0.1, 0.15) is 18.0 Å². The van der Waals surface area contributed by atoms with Crippen LogP contribution < -0.4 is 29.6 Å². The predicted octanol–water partition coefficient (Wildman–Crippen LogP) is 3.42. The lowest BCUT2D eigenvalue weighted by molar-refractivity contribution is 0.173. The Morgan fingerprint density at radius 3 is 1.65 bits per heavy atom. The Morgan fingerprint density at radius 2 is 1.12 bits per heavy atom. The normalized spacial score (nSPS) is 13.5. The first kappa shape index (κ1) is 14.6. The predicted molar refractivity (Wildman–Crippen MR) is 93.7 cm³/mol. The standard InChI is InChI=1S/C18H14N4O4/c1-3-13-15(25-9-23-13)5-11(1)21-17-7-18(20-8-19-17)22-12-2-4-14-16(6-12)26-10-24-14/h1-8H,9-10H2,(H2,19,20,21,22). The minimum Gasteiger partial charge on any atom is -0.454 e. The van der Waals surface area contributed by atoms with Crippen molar-refractivity contribution in [2.45, 2.75) is 0 Å². The molecule has 8 heteroatoms. The second kappa shape index (κ2) is 5.99. The smallest absolute Gasteiger partial charge is 0.231 e. The van der Waals surface area contributed by atoms with Crippen LogP contribution in [0.1, 0.15) is 0 Å². The molecular formula is C18H14N4O4. The van der Waals surface area contributed by atoms with Crippen LogP contribution in [0.4, 0.5) is 23.0 Å².